The van der Waals surface area contributed by atoms with Crippen molar-refractivity contribution in [3.63, 3.8) is 0 Å². The van der Waals surface area contributed by atoms with Gasteiger partial charge in [-0.25, -0.2) is 35.1 Å². The summed E-state index contributed by atoms with van der Waals surface area (Å²) >= 11 is 5.58. The molecular formula is C41H52B4BrN5O19S2Si. The van der Waals surface area contributed by atoms with Gasteiger partial charge in [-0.05, 0) is 63.4 Å². The third kappa shape index (κ3) is 22.2. The monoisotopic (exact) mass is 1130 g/mol. The van der Waals surface area contributed by atoms with Gasteiger partial charge in [-0.3, -0.25) is 33.6 Å². The Labute approximate surface area is 443 Å². The number of thiazole rings is 2. The number of amides is 2. The fraction of sp³-hybridized carbons (Fsp3) is 0.463. The van der Waals surface area contributed by atoms with E-state index in [1.54, 1.807) is 39.8 Å². The summed E-state index contributed by atoms with van der Waals surface area (Å²) in [4.78, 5) is 122. The van der Waals surface area contributed by atoms with E-state index in [9.17, 15) is 43.2 Å². The van der Waals surface area contributed by atoms with Crippen molar-refractivity contribution in [3.8, 4) is 0 Å². The molecule has 2 aromatic heterocycles. The summed E-state index contributed by atoms with van der Waals surface area (Å²) in [6, 6.07) is 6.31. The van der Waals surface area contributed by atoms with Gasteiger partial charge in [0.05, 0.1) is 27.7 Å². The first kappa shape index (κ1) is 67.4. The van der Waals surface area contributed by atoms with Crippen molar-refractivity contribution >= 4 is 138 Å². The molecule has 4 N–H and O–H groups in total. The predicted octanol–water partition coefficient (Wildman–Crippen LogP) is 3.68. The van der Waals surface area contributed by atoms with Crippen LogP contribution in [0.5, 0.6) is 0 Å². The molecule has 73 heavy (non-hydrogen) atoms. The lowest BCUT2D eigenvalue weighted by atomic mass is 10.1. The number of aryl methyl sites for hydroxylation is 2. The molecule has 3 aromatic rings. The third-order valence-electron chi connectivity index (χ3n) is 9.55. The number of ketones is 1. The first-order valence-corrected chi connectivity index (χ1v) is 26.7. The number of nitrogens with zero attached hydrogens (tertiary/aromatic N) is 4. The van der Waals surface area contributed by atoms with Crippen LogP contribution in [0, 0.1) is 13.8 Å². The van der Waals surface area contributed by atoms with Crippen molar-refractivity contribution in [2.24, 2.45) is 11.1 Å². The van der Waals surface area contributed by atoms with Crippen molar-refractivity contribution in [2.75, 3.05) is 6.61 Å². The van der Waals surface area contributed by atoms with E-state index in [-0.39, 0.29) is 51.1 Å². The molecule has 0 bridgehead atoms. The van der Waals surface area contributed by atoms with Crippen LogP contribution in [-0.2, 0) is 66.3 Å². The van der Waals surface area contributed by atoms with E-state index < -0.39 is 80.0 Å². The molecule has 1 aromatic carbocycles. The number of hydroxylamine groups is 2. The van der Waals surface area contributed by atoms with Crippen LogP contribution in [0.1, 0.15) is 108 Å². The zero-order valence-corrected chi connectivity index (χ0v) is 45.5. The minimum Gasteiger partial charge on any atom is -0.543 e. The summed E-state index contributed by atoms with van der Waals surface area (Å²) in [5, 5.41) is 25.6. The number of carboxylic acid groups (broad SMARTS) is 2. The van der Waals surface area contributed by atoms with Gasteiger partial charge in [-0.2, -0.15) is 0 Å². The minimum atomic E-state index is -2.20. The number of Topliss-reactive ketones (excluding diaryl/α,β-unsaturated/α-hetero) is 1. The number of fused-ring (bicyclic) bond motifs is 1. The van der Waals surface area contributed by atoms with Crippen LogP contribution in [0.2, 0.25) is 18.1 Å². The number of aliphatic carboxylic acids is 2. The highest BCUT2D eigenvalue weighted by molar-refractivity contribution is 9.10. The Bertz CT molecular complexity index is 2350. The number of carbonyl (C=O) groups excluding carboxylic acids is 7. The van der Waals surface area contributed by atoms with Crippen LogP contribution < -0.4 is 5.90 Å². The van der Waals surface area contributed by atoms with E-state index in [2.05, 4.69) is 70.6 Å². The maximum atomic E-state index is 12.4. The van der Waals surface area contributed by atoms with Gasteiger partial charge in [0.2, 0.25) is 17.9 Å². The van der Waals surface area contributed by atoms with Gasteiger partial charge in [0.25, 0.3) is 17.6 Å². The average molecular weight is 1130 g/mol. The number of aromatic nitrogens is 2. The quantitative estimate of drug-likeness (QED) is 0.0293. The number of imide groups is 1. The lowest BCUT2D eigenvalue weighted by Crippen LogP contribution is -2.47. The van der Waals surface area contributed by atoms with E-state index in [0.29, 0.717) is 27.9 Å². The molecule has 0 aliphatic carbocycles. The lowest BCUT2D eigenvalue weighted by Gasteiger charge is -2.37. The molecule has 0 saturated heterocycles. The summed E-state index contributed by atoms with van der Waals surface area (Å²) in [6.07, 6.45) is -1.75. The van der Waals surface area contributed by atoms with Crippen LogP contribution in [-0.4, -0.2) is 155 Å². The number of carboxylic acids is 2. The smallest absolute Gasteiger partial charge is 0.378 e. The molecule has 32 heteroatoms. The number of hydrogen-bond donors (Lipinski definition) is 3. The summed E-state index contributed by atoms with van der Waals surface area (Å²) in [5.74, 6) is -3.14. The summed E-state index contributed by atoms with van der Waals surface area (Å²) in [5.41, 5.74) is 0.226. The first-order chi connectivity index (χ1) is 34.1. The second-order valence-corrected chi connectivity index (χ2v) is 23.7. The second-order valence-electron chi connectivity index (χ2n) is 15.7. The van der Waals surface area contributed by atoms with Gasteiger partial charge >= 0.3 is 68.0 Å². The number of alkyl halides is 1. The topological polar surface area (TPSA) is 335 Å². The highest BCUT2D eigenvalue weighted by atomic mass is 79.9. The Morgan fingerprint density at radius 2 is 1.18 bits per heavy atom. The number of benzene rings is 1. The van der Waals surface area contributed by atoms with E-state index in [1.165, 1.54) is 45.6 Å². The molecule has 3 unspecified atom stereocenters. The van der Waals surface area contributed by atoms with Crippen LogP contribution in [0.25, 0.3) is 0 Å². The molecule has 2 amide bonds. The summed E-state index contributed by atoms with van der Waals surface area (Å²) in [7, 11) is 16.6. The molecule has 1 aliphatic rings. The number of oxime groups is 1. The normalized spacial score (nSPS) is 13.4. The van der Waals surface area contributed by atoms with Gasteiger partial charge < -0.3 is 38.1 Å². The van der Waals surface area contributed by atoms with Gasteiger partial charge in [0, 0.05) is 10.8 Å². The number of carbonyl (C=O) groups is 9. The molecule has 0 fully saturated rings. The molecule has 0 saturated carbocycles. The summed E-state index contributed by atoms with van der Waals surface area (Å²) < 4.78 is 22.0. The van der Waals surface area contributed by atoms with Crippen LogP contribution in [0.15, 0.2) is 40.2 Å². The van der Waals surface area contributed by atoms with E-state index in [0.717, 1.165) is 0 Å². The van der Waals surface area contributed by atoms with Crippen molar-refractivity contribution in [1.82, 2.24) is 15.0 Å². The molecule has 4 rings (SSSR count). The molecule has 0 spiro atoms. The van der Waals surface area contributed by atoms with Crippen LogP contribution in [0.3, 0.4) is 0 Å². The SMILES string of the molecule is Cc1nc(C(=O)C(=O)O)cs1.[B]OC(=O)C(CC)O/N=C(\C(=O)O)c1csc(C)n1.[B]OC(=O)C(CC)ON.[B]OC(=O)C(CO[Si](C)(C)C(C)(C)C)ON1C(=O)c2ccccc2C1=O.[B]OC(=O)[C@@H](Br)CC. The zero-order valence-electron chi connectivity index (χ0n) is 41.3. The van der Waals surface area contributed by atoms with E-state index in [4.69, 9.17) is 46.3 Å². The molecule has 1 aliphatic heterocycles. The molecule has 4 atom stereocenters. The molecule has 390 valence electrons. The van der Waals surface area contributed by atoms with Gasteiger partial charge in [0.1, 0.15) is 16.2 Å². The Hall–Kier alpha value is -5.62. The van der Waals surface area contributed by atoms with Gasteiger partial charge in [-0.15, -0.1) is 27.7 Å². The Balaban J connectivity index is 0.000000962. The largest absolute Gasteiger partial charge is 0.543 e. The highest BCUT2D eigenvalue weighted by Crippen LogP contribution is 2.37. The van der Waals surface area contributed by atoms with Gasteiger partial charge in [-0.1, -0.05) is 74.8 Å². The van der Waals surface area contributed by atoms with Crippen LogP contribution >= 0.6 is 38.6 Å². The number of nitrogens with two attached hydrogens (primary N) is 1. The number of hydrogen-bond acceptors (Lipinski definition) is 23. The fourth-order valence-electron chi connectivity index (χ4n) is 4.46. The molecule has 8 radical (unpaired) electrons. The van der Waals surface area contributed by atoms with E-state index >= 15 is 0 Å². The van der Waals surface area contributed by atoms with Gasteiger partial charge in [0.15, 0.2) is 14.4 Å². The van der Waals surface area contributed by atoms with E-state index in [1.807, 2.05) is 40.8 Å². The summed E-state index contributed by atoms with van der Waals surface area (Å²) in [6.45, 7) is 18.6. The Morgan fingerprint density at radius 3 is 1.51 bits per heavy atom. The minimum absolute atomic E-state index is 0.0139. The maximum absolute atomic E-state index is 12.4. The van der Waals surface area contributed by atoms with Crippen molar-refractivity contribution in [3.05, 3.63) is 67.6 Å². The Kier molecular flexibility index (Phi) is 30.7. The zero-order chi connectivity index (χ0) is 56.4. The van der Waals surface area contributed by atoms with Crippen molar-refractivity contribution in [1.29, 1.82) is 0 Å². The Morgan fingerprint density at radius 1 is 0.740 bits per heavy atom. The molecule has 24 nitrogen and oxygen atoms in total. The highest BCUT2D eigenvalue weighted by Gasteiger charge is 2.42. The average Bonchev–Trinajstić information content (AvgIpc) is 4.07. The predicted molar refractivity (Wildman–Crippen MR) is 270 cm³/mol. The fourth-order valence-corrected chi connectivity index (χ4v) is 6.76. The second kappa shape index (κ2) is 33.2. The first-order valence-electron chi connectivity index (χ1n) is 21.1. The third-order valence-corrected chi connectivity index (χ3v) is 16.6. The number of rotatable bonds is 19. The standard InChI is InChI=1S/C17H22BNO6Si.C10H11BN2O5S.C6H5NO3S.C4H6BBrO2.C4H8BNO3/c1-17(2,3)26(4,5)23-10-13(16(22)24-18)25-19-14(20)11-8-6-7-9-12(11)15(19)21;1-3-7(10(16)17-11)18-13-8(9(14)15)6-4-19-5(2)12-6;1-3-7-4(2-11-3)5(8)6(9)10;1-2-3(6)4(7)8-5;1-2-3(9-6)4(7)8-5/h6-9,13H,10H2,1-5H3;4,7H,3H2,1-2H3,(H,14,15);2H,1H3,(H,9,10);3H,2H2,1H3;3H,2,6H2,1H3/b;13-8-;;;/t;;;3-;/m...0./s1. The lowest BCUT2D eigenvalue weighted by molar-refractivity contribution is -0.176. The van der Waals surface area contributed by atoms with Crippen molar-refractivity contribution < 1.29 is 90.9 Å². The maximum Gasteiger partial charge on any atom is 0.378 e. The van der Waals surface area contributed by atoms with Crippen molar-refractivity contribution in [2.45, 2.75) is 116 Å². The number of halogens is 1. The molecule has 3 heterocycles. The molecular weight excluding hydrogens is 1080 g/mol. The van der Waals surface area contributed by atoms with Crippen LogP contribution in [0.4, 0.5) is 0 Å².